The molecule has 0 aromatic heterocycles. The number of para-hydroxylation sites is 2. The standard InChI is InChI=1S/C24H33F3N4O3/c1-2-3-4-7-12-28-23(34)17-9-8-13-30(15-17)16-22(33)31-19-11-6-5-10-18(19)29-21(32)14-20(31)24(25,26)27/h5-6,10-11,17,20H,2-4,7-9,12-16H2,1H3,(H,28,34)(H,29,32). The molecule has 0 aliphatic carbocycles. The zero-order chi connectivity index (χ0) is 24.7. The van der Waals surface area contributed by atoms with E-state index in [1.54, 1.807) is 11.0 Å². The molecule has 34 heavy (non-hydrogen) atoms. The van der Waals surface area contributed by atoms with Crippen molar-refractivity contribution in [1.82, 2.24) is 10.2 Å². The van der Waals surface area contributed by atoms with E-state index in [2.05, 4.69) is 17.6 Å². The van der Waals surface area contributed by atoms with Crippen LogP contribution in [-0.2, 0) is 14.4 Å². The highest BCUT2D eigenvalue weighted by Gasteiger charge is 2.49. The zero-order valence-corrected chi connectivity index (χ0v) is 19.5. The third-order valence-electron chi connectivity index (χ3n) is 6.34. The molecule has 2 heterocycles. The number of rotatable bonds is 8. The lowest BCUT2D eigenvalue weighted by Gasteiger charge is -2.36. The summed E-state index contributed by atoms with van der Waals surface area (Å²) in [7, 11) is 0. The lowest BCUT2D eigenvalue weighted by atomic mass is 9.97. The number of likely N-dealkylation sites (tertiary alicyclic amines) is 1. The third kappa shape index (κ3) is 6.71. The number of nitrogens with one attached hydrogen (secondary N) is 2. The molecule has 1 fully saturated rings. The van der Waals surface area contributed by atoms with Crippen LogP contribution in [-0.4, -0.2) is 61.0 Å². The topological polar surface area (TPSA) is 81.8 Å². The van der Waals surface area contributed by atoms with E-state index in [4.69, 9.17) is 0 Å². The number of halogens is 3. The van der Waals surface area contributed by atoms with E-state index < -0.39 is 30.5 Å². The number of carbonyl (C=O) groups excluding carboxylic acids is 3. The van der Waals surface area contributed by atoms with Gasteiger partial charge in [-0.1, -0.05) is 38.3 Å². The van der Waals surface area contributed by atoms with E-state index in [1.807, 2.05) is 0 Å². The van der Waals surface area contributed by atoms with E-state index in [1.165, 1.54) is 18.2 Å². The molecular weight excluding hydrogens is 449 g/mol. The van der Waals surface area contributed by atoms with Crippen molar-refractivity contribution in [1.29, 1.82) is 0 Å². The average molecular weight is 483 g/mol. The highest BCUT2D eigenvalue weighted by Crippen LogP contribution is 2.37. The molecule has 3 amide bonds. The van der Waals surface area contributed by atoms with Crippen molar-refractivity contribution in [2.24, 2.45) is 5.92 Å². The molecule has 0 radical (unpaired) electrons. The minimum Gasteiger partial charge on any atom is -0.356 e. The Labute approximate surface area is 198 Å². The van der Waals surface area contributed by atoms with Gasteiger partial charge in [0, 0.05) is 13.1 Å². The predicted octanol–water partition coefficient (Wildman–Crippen LogP) is 3.70. The molecule has 1 aromatic carbocycles. The summed E-state index contributed by atoms with van der Waals surface area (Å²) in [5.74, 6) is -1.91. The van der Waals surface area contributed by atoms with Gasteiger partial charge in [-0.25, -0.2) is 0 Å². The maximum Gasteiger partial charge on any atom is 0.409 e. The number of nitrogens with zero attached hydrogens (tertiary/aromatic N) is 2. The fourth-order valence-electron chi connectivity index (χ4n) is 4.58. The van der Waals surface area contributed by atoms with Gasteiger partial charge in [-0.3, -0.25) is 24.2 Å². The van der Waals surface area contributed by atoms with Gasteiger partial charge in [0.1, 0.15) is 6.04 Å². The van der Waals surface area contributed by atoms with Gasteiger partial charge in [0.05, 0.1) is 30.3 Å². The number of anilines is 2. The summed E-state index contributed by atoms with van der Waals surface area (Å²) in [5.41, 5.74) is 0.200. The first kappa shape index (κ1) is 26.0. The number of alkyl halides is 3. The fourth-order valence-corrected chi connectivity index (χ4v) is 4.58. The zero-order valence-electron chi connectivity index (χ0n) is 19.5. The Hall–Kier alpha value is -2.62. The molecule has 188 valence electrons. The van der Waals surface area contributed by atoms with E-state index in [-0.39, 0.29) is 29.7 Å². The summed E-state index contributed by atoms with van der Waals surface area (Å²) in [5, 5.41) is 5.41. The van der Waals surface area contributed by atoms with E-state index in [0.29, 0.717) is 37.4 Å². The van der Waals surface area contributed by atoms with Crippen molar-refractivity contribution >= 4 is 29.1 Å². The van der Waals surface area contributed by atoms with Gasteiger partial charge in [-0.05, 0) is 37.9 Å². The third-order valence-corrected chi connectivity index (χ3v) is 6.34. The van der Waals surface area contributed by atoms with Gasteiger partial charge in [-0.15, -0.1) is 0 Å². The van der Waals surface area contributed by atoms with Crippen molar-refractivity contribution in [2.45, 2.75) is 64.1 Å². The number of benzene rings is 1. The number of fused-ring (bicyclic) bond motifs is 1. The number of piperidine rings is 1. The molecule has 7 nitrogen and oxygen atoms in total. The Morgan fingerprint density at radius 1 is 1.18 bits per heavy atom. The molecule has 1 aromatic rings. The van der Waals surface area contributed by atoms with Gasteiger partial charge in [-0.2, -0.15) is 13.2 Å². The first-order valence-electron chi connectivity index (χ1n) is 12.0. The molecular formula is C24H33F3N4O3. The summed E-state index contributed by atoms with van der Waals surface area (Å²) in [6, 6.07) is 3.75. The van der Waals surface area contributed by atoms with Gasteiger partial charge in [0.25, 0.3) is 0 Å². The van der Waals surface area contributed by atoms with Crippen LogP contribution in [0, 0.1) is 5.92 Å². The van der Waals surface area contributed by atoms with Gasteiger partial charge < -0.3 is 10.6 Å². The average Bonchev–Trinajstić information content (AvgIpc) is 2.94. The minimum atomic E-state index is -4.77. The monoisotopic (exact) mass is 482 g/mol. The SMILES string of the molecule is CCCCCCNC(=O)C1CCCN(CC(=O)N2c3ccccc3NC(=O)CC2C(F)(F)F)C1. The van der Waals surface area contributed by atoms with Crippen molar-refractivity contribution in [3.63, 3.8) is 0 Å². The minimum absolute atomic E-state index is 0.0269. The van der Waals surface area contributed by atoms with Gasteiger partial charge in [0.2, 0.25) is 17.7 Å². The van der Waals surface area contributed by atoms with Crippen LogP contribution in [0.4, 0.5) is 24.5 Å². The summed E-state index contributed by atoms with van der Waals surface area (Å²) < 4.78 is 41.7. The molecule has 2 atom stereocenters. The number of hydrogen-bond donors (Lipinski definition) is 2. The van der Waals surface area contributed by atoms with Crippen LogP contribution in [0.3, 0.4) is 0 Å². The number of amides is 3. The second-order valence-corrected chi connectivity index (χ2v) is 9.02. The van der Waals surface area contributed by atoms with Crippen LogP contribution >= 0.6 is 0 Å². The fraction of sp³-hybridized carbons (Fsp3) is 0.625. The maximum absolute atomic E-state index is 13.9. The number of carbonyl (C=O) groups is 3. The lowest BCUT2D eigenvalue weighted by Crippen LogP contribution is -2.54. The number of hydrogen-bond acceptors (Lipinski definition) is 4. The normalized spacial score (nSPS) is 21.4. The Kier molecular flexibility index (Phi) is 8.93. The lowest BCUT2D eigenvalue weighted by molar-refractivity contribution is -0.158. The molecule has 2 aliphatic heterocycles. The molecule has 10 heteroatoms. The van der Waals surface area contributed by atoms with Gasteiger partial charge in [0.15, 0.2) is 0 Å². The highest BCUT2D eigenvalue weighted by atomic mass is 19.4. The second-order valence-electron chi connectivity index (χ2n) is 9.02. The summed E-state index contributed by atoms with van der Waals surface area (Å²) >= 11 is 0. The van der Waals surface area contributed by atoms with Crippen molar-refractivity contribution in [3.05, 3.63) is 24.3 Å². The predicted molar refractivity (Wildman–Crippen MR) is 123 cm³/mol. The summed E-state index contributed by atoms with van der Waals surface area (Å²) in [6.07, 6.45) is -0.0808. The van der Waals surface area contributed by atoms with E-state index in [9.17, 15) is 27.6 Å². The molecule has 2 N–H and O–H groups in total. The van der Waals surface area contributed by atoms with Crippen LogP contribution in [0.2, 0.25) is 0 Å². The first-order valence-corrected chi connectivity index (χ1v) is 12.0. The van der Waals surface area contributed by atoms with Crippen molar-refractivity contribution in [2.75, 3.05) is 36.4 Å². The van der Waals surface area contributed by atoms with E-state index >= 15 is 0 Å². The second kappa shape index (κ2) is 11.7. The Morgan fingerprint density at radius 2 is 1.94 bits per heavy atom. The molecule has 0 saturated carbocycles. The number of unbranched alkanes of at least 4 members (excludes halogenated alkanes) is 3. The van der Waals surface area contributed by atoms with Gasteiger partial charge >= 0.3 is 6.18 Å². The molecule has 3 rings (SSSR count). The first-order chi connectivity index (χ1) is 16.2. The van der Waals surface area contributed by atoms with Crippen molar-refractivity contribution in [3.8, 4) is 0 Å². The molecule has 2 unspecified atom stereocenters. The molecule has 0 bridgehead atoms. The highest BCUT2D eigenvalue weighted by molar-refractivity contribution is 6.05. The summed E-state index contributed by atoms with van der Waals surface area (Å²) in [6.45, 7) is 3.31. The maximum atomic E-state index is 13.9. The Morgan fingerprint density at radius 3 is 2.68 bits per heavy atom. The molecule has 1 saturated heterocycles. The van der Waals surface area contributed by atoms with Crippen LogP contribution in [0.15, 0.2) is 24.3 Å². The van der Waals surface area contributed by atoms with Crippen LogP contribution in [0.5, 0.6) is 0 Å². The van der Waals surface area contributed by atoms with E-state index in [0.717, 1.165) is 25.7 Å². The molecule has 2 aliphatic rings. The van der Waals surface area contributed by atoms with Crippen molar-refractivity contribution < 1.29 is 27.6 Å². The van der Waals surface area contributed by atoms with Crippen LogP contribution < -0.4 is 15.5 Å². The summed E-state index contributed by atoms with van der Waals surface area (Å²) in [4.78, 5) is 40.4. The quantitative estimate of drug-likeness (QED) is 0.554. The Bertz CT molecular complexity index is 877. The van der Waals surface area contributed by atoms with Crippen LogP contribution in [0.1, 0.15) is 51.9 Å². The Balaban J connectivity index is 1.69. The molecule has 0 spiro atoms. The smallest absolute Gasteiger partial charge is 0.356 e. The largest absolute Gasteiger partial charge is 0.409 e. The van der Waals surface area contributed by atoms with Crippen LogP contribution in [0.25, 0.3) is 0 Å².